The number of hydrogen-bond acceptors (Lipinski definition) is 12. The molecule has 0 aliphatic carbocycles. The molecule has 1 aliphatic heterocycles. The van der Waals surface area contributed by atoms with Gasteiger partial charge < -0.3 is 44.7 Å². The Hall–Kier alpha value is -4.86. The van der Waals surface area contributed by atoms with E-state index in [0.29, 0.717) is 27.5 Å². The normalized spacial score (nSPS) is 21.0. The minimum absolute atomic E-state index is 0.00862. The number of carbonyl (C=O) groups is 6. The molecule has 1 heterocycles. The zero-order chi connectivity index (χ0) is 48.2. The number of esters is 3. The zero-order valence-electron chi connectivity index (χ0n) is 38.7. The number of amides is 3. The third kappa shape index (κ3) is 16.6. The monoisotopic (exact) mass is 933 g/mol. The molecule has 3 amide bonds. The molecule has 4 N–H and O–H groups in total. The first-order chi connectivity index (χ1) is 29.7. The lowest BCUT2D eigenvalue weighted by molar-refractivity contribution is -0.180. The van der Waals surface area contributed by atoms with Crippen LogP contribution in [0.1, 0.15) is 104 Å². The van der Waals surface area contributed by atoms with Crippen LogP contribution in [0.2, 0.25) is 5.02 Å². The maximum atomic E-state index is 13.8. The van der Waals surface area contributed by atoms with Crippen LogP contribution in [-0.2, 0) is 55.9 Å². The predicted octanol–water partition coefficient (Wildman–Crippen LogP) is 6.92. The highest BCUT2D eigenvalue weighted by Crippen LogP contribution is 2.33. The molecular weight excluding hydrogens is 869 g/mol. The number of alkyl halides is 1. The summed E-state index contributed by atoms with van der Waals surface area (Å²) in [6, 6.07) is 10.6. The minimum atomic E-state index is -1.32. The van der Waals surface area contributed by atoms with Crippen molar-refractivity contribution >= 4 is 59.0 Å². The van der Waals surface area contributed by atoms with Crippen molar-refractivity contribution in [3.05, 3.63) is 76.3 Å². The summed E-state index contributed by atoms with van der Waals surface area (Å²) in [5.74, 6) is -3.82. The minimum Gasteiger partial charge on any atom is -0.495 e. The summed E-state index contributed by atoms with van der Waals surface area (Å²) in [5.41, 5.74) is -1.26. The Labute approximate surface area is 386 Å². The number of halogens is 2. The van der Waals surface area contributed by atoms with Gasteiger partial charge in [0.15, 0.2) is 6.10 Å². The third-order valence-electron chi connectivity index (χ3n) is 10.4. The van der Waals surface area contributed by atoms with Crippen molar-refractivity contribution in [1.82, 2.24) is 16.0 Å². The van der Waals surface area contributed by atoms with Gasteiger partial charge in [-0.3, -0.25) is 19.2 Å². The smallest absolute Gasteiger partial charge is 0.407 e. The number of carbonyl (C=O) groups excluding carboxylic acids is 6. The van der Waals surface area contributed by atoms with Crippen LogP contribution in [-0.4, -0.2) is 91.1 Å². The lowest BCUT2D eigenvalue weighted by Crippen LogP contribution is -2.51. The first-order valence-corrected chi connectivity index (χ1v) is 22.1. The van der Waals surface area contributed by atoms with Gasteiger partial charge in [0.1, 0.15) is 30.1 Å². The maximum absolute atomic E-state index is 13.8. The van der Waals surface area contributed by atoms with Crippen molar-refractivity contribution in [3.8, 4) is 5.75 Å². The maximum Gasteiger partial charge on any atom is 0.407 e. The van der Waals surface area contributed by atoms with Gasteiger partial charge in [0.2, 0.25) is 11.8 Å². The summed E-state index contributed by atoms with van der Waals surface area (Å²) in [7, 11) is 1.48. The molecule has 354 valence electrons. The summed E-state index contributed by atoms with van der Waals surface area (Å²) in [5, 5.41) is 19.0. The summed E-state index contributed by atoms with van der Waals surface area (Å²) in [6.45, 7) is 16.7. The summed E-state index contributed by atoms with van der Waals surface area (Å²) in [6.07, 6.45) is -1.54. The number of aliphatic hydroxyl groups excluding tert-OH is 1. The molecule has 3 rings (SSSR count). The summed E-state index contributed by atoms with van der Waals surface area (Å²) in [4.78, 5) is 79.4. The Bertz CT molecular complexity index is 1980. The fourth-order valence-corrected chi connectivity index (χ4v) is 6.98. The van der Waals surface area contributed by atoms with Gasteiger partial charge in [0.25, 0.3) is 0 Å². The van der Waals surface area contributed by atoms with E-state index < -0.39 is 87.9 Å². The number of rotatable bonds is 14. The Morgan fingerprint density at radius 1 is 0.984 bits per heavy atom. The van der Waals surface area contributed by atoms with Gasteiger partial charge in [-0.1, -0.05) is 68.8 Å². The molecular formula is C47H65Cl2N3O12. The van der Waals surface area contributed by atoms with Crippen molar-refractivity contribution in [2.45, 2.75) is 130 Å². The number of nitrogens with one attached hydrogen (secondary N) is 3. The van der Waals surface area contributed by atoms with Crippen LogP contribution in [0.3, 0.4) is 0 Å². The van der Waals surface area contributed by atoms with Crippen LogP contribution in [0.15, 0.2) is 54.6 Å². The Balaban J connectivity index is 1.83. The van der Waals surface area contributed by atoms with E-state index >= 15 is 0 Å². The molecule has 17 heteroatoms. The van der Waals surface area contributed by atoms with Crippen LogP contribution in [0.25, 0.3) is 0 Å². The molecule has 0 fully saturated rings. The van der Waals surface area contributed by atoms with Gasteiger partial charge in [-0.25, -0.2) is 9.59 Å². The van der Waals surface area contributed by atoms with Crippen molar-refractivity contribution in [3.63, 3.8) is 0 Å². The second kappa shape index (κ2) is 23.4. The third-order valence-corrected chi connectivity index (χ3v) is 11.2. The number of hydrogen-bond donors (Lipinski definition) is 4. The quantitative estimate of drug-likeness (QED) is 0.0866. The van der Waals surface area contributed by atoms with Gasteiger partial charge in [-0.15, -0.1) is 11.6 Å². The van der Waals surface area contributed by atoms with Crippen molar-refractivity contribution in [2.24, 2.45) is 22.7 Å². The van der Waals surface area contributed by atoms with Crippen LogP contribution in [0, 0.1) is 22.7 Å². The SMILES string of the molecule is COc1ccc(C[C@H]2NC(=O)/C=C/C[C@@H]([C@H](C)[C@@H](O)[C@@H](Cl)c3ccc(COC(=O)C(C)(C)CNC(=O)OC(C)(C)C)cc3)OC(=O)[C@H](CC(C)C)OC(=O)C(C)(C)CNC2=O)cc1Cl. The Morgan fingerprint density at radius 3 is 2.22 bits per heavy atom. The van der Waals surface area contributed by atoms with E-state index in [-0.39, 0.29) is 44.9 Å². The second-order valence-corrected chi connectivity index (χ2v) is 19.7. The average molecular weight is 935 g/mol. The number of alkyl carbamates (subject to hydrolysis) is 1. The number of aliphatic hydroxyl groups is 1. The summed E-state index contributed by atoms with van der Waals surface area (Å²) < 4.78 is 27.8. The van der Waals surface area contributed by atoms with E-state index in [1.54, 1.807) is 97.9 Å². The predicted molar refractivity (Wildman–Crippen MR) is 241 cm³/mol. The lowest BCUT2D eigenvalue weighted by Gasteiger charge is -2.32. The van der Waals surface area contributed by atoms with E-state index in [0.717, 1.165) is 0 Å². The van der Waals surface area contributed by atoms with Crippen LogP contribution < -0.4 is 20.7 Å². The molecule has 0 saturated carbocycles. The molecule has 6 atom stereocenters. The lowest BCUT2D eigenvalue weighted by atomic mass is 9.90. The number of cyclic esters (lactones) is 2. The number of ether oxygens (including phenoxy) is 5. The summed E-state index contributed by atoms with van der Waals surface area (Å²) >= 11 is 13.2. The van der Waals surface area contributed by atoms with Crippen LogP contribution in [0.5, 0.6) is 5.75 Å². The zero-order valence-corrected chi connectivity index (χ0v) is 40.2. The molecule has 1 aliphatic rings. The molecule has 2 aromatic carbocycles. The molecule has 0 bridgehead atoms. The number of benzene rings is 2. The second-order valence-electron chi connectivity index (χ2n) is 18.8. The Kier molecular flexibility index (Phi) is 19.5. The van der Waals surface area contributed by atoms with Gasteiger partial charge in [-0.2, -0.15) is 0 Å². The fourth-order valence-electron chi connectivity index (χ4n) is 6.32. The molecule has 2 aromatic rings. The van der Waals surface area contributed by atoms with E-state index in [4.69, 9.17) is 46.9 Å². The largest absolute Gasteiger partial charge is 0.495 e. The van der Waals surface area contributed by atoms with E-state index in [1.165, 1.54) is 19.3 Å². The highest BCUT2D eigenvalue weighted by Gasteiger charge is 2.39. The highest BCUT2D eigenvalue weighted by molar-refractivity contribution is 6.32. The standard InChI is InChI=1S/C47H65Cl2N3O12/c1-27(2)21-36-41(56)62-34(13-12-14-37(53)52-33(23-30-17-20-35(60-11)32(48)22-30)40(55)50-25-47(9,10)43(58)63-36)28(3)39(54)38(49)31-18-15-29(16-19-31)24-61-42(57)46(7,8)26-51-44(59)64-45(4,5)6/h12,14-20,22,27-28,33-34,36,38-39,54H,13,21,23-26H2,1-11H3,(H,50,55)(H,51,59)(H,52,53)/b14-12+/t28-,33+,34-,36-,38-,39+/m0/s1. The molecule has 0 aromatic heterocycles. The van der Waals surface area contributed by atoms with Gasteiger partial charge in [0, 0.05) is 31.8 Å². The first kappa shape index (κ1) is 53.5. The Morgan fingerprint density at radius 2 is 1.62 bits per heavy atom. The molecule has 15 nitrogen and oxygen atoms in total. The fraction of sp³-hybridized carbons (Fsp3) is 0.574. The molecule has 0 spiro atoms. The van der Waals surface area contributed by atoms with Gasteiger partial charge in [-0.05, 0) is 95.7 Å². The molecule has 64 heavy (non-hydrogen) atoms. The average Bonchev–Trinajstić information content (AvgIpc) is 3.21. The topological polar surface area (TPSA) is 205 Å². The van der Waals surface area contributed by atoms with Gasteiger partial charge in [0.05, 0.1) is 34.4 Å². The molecule has 0 radical (unpaired) electrons. The van der Waals surface area contributed by atoms with Gasteiger partial charge >= 0.3 is 24.0 Å². The molecule has 0 unspecified atom stereocenters. The highest BCUT2D eigenvalue weighted by atomic mass is 35.5. The number of methoxy groups -OCH3 is 1. The molecule has 0 saturated heterocycles. The van der Waals surface area contributed by atoms with E-state index in [2.05, 4.69) is 16.0 Å². The van der Waals surface area contributed by atoms with E-state index in [9.17, 15) is 33.9 Å². The van der Waals surface area contributed by atoms with Crippen LogP contribution >= 0.6 is 23.2 Å². The first-order valence-electron chi connectivity index (χ1n) is 21.3. The van der Waals surface area contributed by atoms with Crippen LogP contribution in [0.4, 0.5) is 4.79 Å². The van der Waals surface area contributed by atoms with Crippen molar-refractivity contribution in [1.29, 1.82) is 0 Å². The van der Waals surface area contributed by atoms with Crippen molar-refractivity contribution in [2.75, 3.05) is 20.2 Å². The van der Waals surface area contributed by atoms with E-state index in [1.807, 2.05) is 13.8 Å². The van der Waals surface area contributed by atoms with Crippen molar-refractivity contribution < 1.29 is 57.6 Å².